The predicted octanol–water partition coefficient (Wildman–Crippen LogP) is 3.94. The van der Waals surface area contributed by atoms with Gasteiger partial charge < -0.3 is 5.32 Å². The molecule has 0 saturated carbocycles. The number of aromatic nitrogens is 2. The highest BCUT2D eigenvalue weighted by Gasteiger charge is 2.12. The smallest absolute Gasteiger partial charge is 0.306 e. The van der Waals surface area contributed by atoms with Gasteiger partial charge in [0.25, 0.3) is 0 Å². The summed E-state index contributed by atoms with van der Waals surface area (Å²) >= 11 is 0. The zero-order valence-electron chi connectivity index (χ0n) is 11.7. The molecule has 3 rings (SSSR count). The van der Waals surface area contributed by atoms with Crippen LogP contribution >= 0.6 is 0 Å². The molecule has 2 aromatic carbocycles. The van der Waals surface area contributed by atoms with E-state index in [0.717, 1.165) is 22.5 Å². The van der Waals surface area contributed by atoms with E-state index in [0.29, 0.717) is 0 Å². The lowest BCUT2D eigenvalue weighted by molar-refractivity contribution is 0.251. The molecule has 21 heavy (non-hydrogen) atoms. The third kappa shape index (κ3) is 2.84. The first kappa shape index (κ1) is 13.1. The third-order valence-corrected chi connectivity index (χ3v) is 3.18. The average Bonchev–Trinajstić information content (AvgIpc) is 2.91. The molecule has 0 unspecified atom stereocenters. The van der Waals surface area contributed by atoms with Crippen LogP contribution in [0.15, 0.2) is 66.9 Å². The number of anilines is 1. The van der Waals surface area contributed by atoms with Gasteiger partial charge >= 0.3 is 6.03 Å². The summed E-state index contributed by atoms with van der Waals surface area (Å²) in [6.45, 7) is 1.95. The Labute approximate surface area is 123 Å². The third-order valence-electron chi connectivity index (χ3n) is 3.18. The van der Waals surface area contributed by atoms with Crippen molar-refractivity contribution in [2.75, 3.05) is 5.32 Å². The van der Waals surface area contributed by atoms with Crippen molar-refractivity contribution in [2.24, 2.45) is 0 Å². The number of carbonyl (C=O) groups is 1. The van der Waals surface area contributed by atoms with Crippen LogP contribution in [0.1, 0.15) is 5.56 Å². The van der Waals surface area contributed by atoms with Gasteiger partial charge in [0.2, 0.25) is 0 Å². The van der Waals surface area contributed by atoms with Crippen molar-refractivity contribution >= 4 is 11.7 Å². The lowest BCUT2D eigenvalue weighted by Crippen LogP contribution is -2.19. The Bertz CT molecular complexity index is 748. The van der Waals surface area contributed by atoms with Crippen LogP contribution in [-0.4, -0.2) is 15.8 Å². The Morgan fingerprint density at radius 3 is 2.29 bits per heavy atom. The fourth-order valence-electron chi connectivity index (χ4n) is 2.15. The zero-order chi connectivity index (χ0) is 14.7. The van der Waals surface area contributed by atoms with Crippen LogP contribution in [0.4, 0.5) is 10.5 Å². The summed E-state index contributed by atoms with van der Waals surface area (Å²) in [5.41, 5.74) is 3.53. The number of rotatable bonds is 2. The SMILES string of the molecule is Cc1cn(C(=O)Nc2ccccc2)nc1-c1ccccc1. The van der Waals surface area contributed by atoms with Gasteiger partial charge in [0.15, 0.2) is 0 Å². The zero-order valence-corrected chi connectivity index (χ0v) is 11.7. The second-order valence-electron chi connectivity index (χ2n) is 4.77. The van der Waals surface area contributed by atoms with E-state index in [1.54, 1.807) is 6.20 Å². The molecular formula is C17H15N3O. The minimum Gasteiger partial charge on any atom is -0.306 e. The molecule has 0 spiro atoms. The van der Waals surface area contributed by atoms with Crippen molar-refractivity contribution in [3.05, 3.63) is 72.4 Å². The highest BCUT2D eigenvalue weighted by atomic mass is 16.2. The monoisotopic (exact) mass is 277 g/mol. The van der Waals surface area contributed by atoms with Crippen LogP contribution in [0.2, 0.25) is 0 Å². The van der Waals surface area contributed by atoms with Gasteiger partial charge in [-0.25, -0.2) is 4.79 Å². The van der Waals surface area contributed by atoms with Crippen molar-refractivity contribution in [1.82, 2.24) is 9.78 Å². The highest BCUT2D eigenvalue weighted by Crippen LogP contribution is 2.20. The molecule has 0 aliphatic heterocycles. The van der Waals surface area contributed by atoms with Crippen LogP contribution < -0.4 is 5.32 Å². The van der Waals surface area contributed by atoms with Crippen LogP contribution in [-0.2, 0) is 0 Å². The maximum absolute atomic E-state index is 12.2. The standard InChI is InChI=1S/C17H15N3O/c1-13-12-20(17(21)18-15-10-6-3-7-11-15)19-16(13)14-8-4-2-5-9-14/h2-12H,1H3,(H,18,21). The summed E-state index contributed by atoms with van der Waals surface area (Å²) in [6, 6.07) is 18.9. The predicted molar refractivity (Wildman–Crippen MR) is 83.3 cm³/mol. The van der Waals surface area contributed by atoms with E-state index in [4.69, 9.17) is 0 Å². The van der Waals surface area contributed by atoms with E-state index in [2.05, 4.69) is 10.4 Å². The average molecular weight is 277 g/mol. The lowest BCUT2D eigenvalue weighted by Gasteiger charge is -2.04. The Hall–Kier alpha value is -2.88. The maximum atomic E-state index is 12.2. The van der Waals surface area contributed by atoms with Gasteiger partial charge in [-0.1, -0.05) is 48.5 Å². The molecule has 0 fully saturated rings. The van der Waals surface area contributed by atoms with Gasteiger partial charge in [-0.15, -0.1) is 0 Å². The van der Waals surface area contributed by atoms with E-state index in [1.165, 1.54) is 4.68 Å². The van der Waals surface area contributed by atoms with Crippen molar-refractivity contribution in [3.63, 3.8) is 0 Å². The summed E-state index contributed by atoms with van der Waals surface area (Å²) < 4.78 is 1.34. The van der Waals surface area contributed by atoms with E-state index >= 15 is 0 Å². The van der Waals surface area contributed by atoms with Gasteiger partial charge in [0, 0.05) is 17.4 Å². The quantitative estimate of drug-likeness (QED) is 0.771. The van der Waals surface area contributed by atoms with Gasteiger partial charge in [-0.05, 0) is 24.6 Å². The summed E-state index contributed by atoms with van der Waals surface area (Å²) in [6.07, 6.45) is 1.74. The molecule has 1 amide bonds. The van der Waals surface area contributed by atoms with E-state index in [-0.39, 0.29) is 6.03 Å². The Kier molecular flexibility index (Phi) is 3.51. The number of hydrogen-bond acceptors (Lipinski definition) is 2. The van der Waals surface area contributed by atoms with Crippen LogP contribution in [0, 0.1) is 6.92 Å². The first-order chi connectivity index (χ1) is 10.2. The van der Waals surface area contributed by atoms with Gasteiger partial charge in [0.1, 0.15) is 0 Å². The molecular weight excluding hydrogens is 262 g/mol. The van der Waals surface area contributed by atoms with Crippen LogP contribution in [0.5, 0.6) is 0 Å². The first-order valence-electron chi connectivity index (χ1n) is 6.72. The summed E-state index contributed by atoms with van der Waals surface area (Å²) in [5.74, 6) is 0. The van der Waals surface area contributed by atoms with E-state index < -0.39 is 0 Å². The molecule has 4 heteroatoms. The lowest BCUT2D eigenvalue weighted by atomic mass is 10.1. The van der Waals surface area contributed by atoms with Gasteiger partial charge in [-0.3, -0.25) is 0 Å². The Morgan fingerprint density at radius 2 is 1.62 bits per heavy atom. The Balaban J connectivity index is 1.86. The summed E-state index contributed by atoms with van der Waals surface area (Å²) in [5, 5.41) is 7.19. The molecule has 4 nitrogen and oxygen atoms in total. The normalized spacial score (nSPS) is 10.3. The molecule has 0 saturated heterocycles. The molecule has 0 aliphatic rings. The number of carbonyl (C=O) groups excluding carboxylic acids is 1. The minimum atomic E-state index is -0.272. The summed E-state index contributed by atoms with van der Waals surface area (Å²) in [4.78, 5) is 12.2. The molecule has 1 aromatic heterocycles. The molecule has 0 bridgehead atoms. The van der Waals surface area contributed by atoms with E-state index in [1.807, 2.05) is 67.6 Å². The molecule has 0 atom stereocenters. The second kappa shape index (κ2) is 5.63. The number of nitrogens with zero attached hydrogens (tertiary/aromatic N) is 2. The number of benzene rings is 2. The number of amides is 1. The molecule has 0 radical (unpaired) electrons. The van der Waals surface area contributed by atoms with Crippen LogP contribution in [0.3, 0.4) is 0 Å². The second-order valence-corrected chi connectivity index (χ2v) is 4.77. The minimum absolute atomic E-state index is 0.272. The van der Waals surface area contributed by atoms with Gasteiger partial charge in [-0.2, -0.15) is 9.78 Å². The number of hydrogen-bond donors (Lipinski definition) is 1. The number of para-hydroxylation sites is 1. The molecule has 0 aliphatic carbocycles. The van der Waals surface area contributed by atoms with Crippen molar-refractivity contribution in [3.8, 4) is 11.3 Å². The fraction of sp³-hybridized carbons (Fsp3) is 0.0588. The fourth-order valence-corrected chi connectivity index (χ4v) is 2.15. The molecule has 3 aromatic rings. The van der Waals surface area contributed by atoms with Crippen molar-refractivity contribution in [2.45, 2.75) is 6.92 Å². The topological polar surface area (TPSA) is 46.9 Å². The van der Waals surface area contributed by atoms with E-state index in [9.17, 15) is 4.79 Å². The molecule has 104 valence electrons. The highest BCUT2D eigenvalue weighted by molar-refractivity contribution is 5.90. The van der Waals surface area contributed by atoms with Crippen LogP contribution in [0.25, 0.3) is 11.3 Å². The maximum Gasteiger partial charge on any atom is 0.346 e. The summed E-state index contributed by atoms with van der Waals surface area (Å²) in [7, 11) is 0. The molecule has 1 heterocycles. The number of aryl methyl sites for hydroxylation is 1. The largest absolute Gasteiger partial charge is 0.346 e. The van der Waals surface area contributed by atoms with Crippen molar-refractivity contribution in [1.29, 1.82) is 0 Å². The first-order valence-corrected chi connectivity index (χ1v) is 6.72. The Morgan fingerprint density at radius 1 is 1.00 bits per heavy atom. The van der Waals surface area contributed by atoms with Crippen molar-refractivity contribution < 1.29 is 4.79 Å². The van der Waals surface area contributed by atoms with Gasteiger partial charge in [0.05, 0.1) is 5.69 Å². The number of nitrogens with one attached hydrogen (secondary N) is 1. The molecule has 1 N–H and O–H groups in total.